The van der Waals surface area contributed by atoms with E-state index < -0.39 is 0 Å². The Hall–Kier alpha value is -3.20. The molecule has 0 aliphatic carbocycles. The van der Waals surface area contributed by atoms with Crippen molar-refractivity contribution in [1.29, 1.82) is 5.26 Å². The average Bonchev–Trinajstić information content (AvgIpc) is 3.01. The van der Waals surface area contributed by atoms with Crippen molar-refractivity contribution in [2.45, 2.75) is 0 Å². The number of imidazole rings is 1. The third-order valence-corrected chi connectivity index (χ3v) is 2.87. The predicted molar refractivity (Wildman–Crippen MR) is 72.1 cm³/mol. The van der Waals surface area contributed by atoms with Gasteiger partial charge in [0.15, 0.2) is 0 Å². The first-order valence-corrected chi connectivity index (χ1v) is 5.86. The van der Waals surface area contributed by atoms with Crippen LogP contribution in [0.2, 0.25) is 0 Å². The van der Waals surface area contributed by atoms with Gasteiger partial charge in [0.2, 0.25) is 0 Å². The van der Waals surface area contributed by atoms with Gasteiger partial charge in [-0.2, -0.15) is 10.4 Å². The number of nitrogens with zero attached hydrogens (tertiary/aromatic N) is 4. The first-order chi connectivity index (χ1) is 9.78. The average molecular weight is 263 g/mol. The van der Waals surface area contributed by atoms with Gasteiger partial charge in [-0.3, -0.25) is 4.79 Å². The van der Waals surface area contributed by atoms with Crippen LogP contribution in [0.5, 0.6) is 0 Å². The molecule has 2 aromatic heterocycles. The van der Waals surface area contributed by atoms with Crippen molar-refractivity contribution < 1.29 is 0 Å². The Morgan fingerprint density at radius 1 is 1.25 bits per heavy atom. The molecule has 0 radical (unpaired) electrons. The van der Waals surface area contributed by atoms with E-state index in [4.69, 9.17) is 5.26 Å². The minimum atomic E-state index is -0.389. The molecule has 20 heavy (non-hydrogen) atoms. The van der Waals surface area contributed by atoms with E-state index >= 15 is 0 Å². The minimum absolute atomic E-state index is 0.254. The summed E-state index contributed by atoms with van der Waals surface area (Å²) in [5, 5.41) is 15.3. The van der Waals surface area contributed by atoms with Crippen molar-refractivity contribution in [2.24, 2.45) is 0 Å². The molecule has 6 heteroatoms. The van der Waals surface area contributed by atoms with Crippen LogP contribution in [0.4, 0.5) is 0 Å². The molecule has 1 N–H and O–H groups in total. The molecule has 2 heterocycles. The van der Waals surface area contributed by atoms with Gasteiger partial charge in [0.25, 0.3) is 5.56 Å². The third kappa shape index (κ3) is 2.08. The van der Waals surface area contributed by atoms with E-state index in [-0.39, 0.29) is 11.1 Å². The number of aromatic nitrogens is 4. The Morgan fingerprint density at radius 2 is 2.05 bits per heavy atom. The first kappa shape index (κ1) is 11.9. The Morgan fingerprint density at radius 3 is 2.70 bits per heavy atom. The van der Waals surface area contributed by atoms with Crippen molar-refractivity contribution in [3.8, 4) is 23.0 Å². The number of nitrogens with one attached hydrogen (secondary N) is 1. The number of H-pyrrole nitrogens is 1. The maximum absolute atomic E-state index is 11.2. The van der Waals surface area contributed by atoms with Crippen molar-refractivity contribution in [1.82, 2.24) is 19.7 Å². The highest BCUT2D eigenvalue weighted by molar-refractivity contribution is 5.66. The fraction of sp³-hybridized carbons (Fsp3) is 0. The molecular weight excluding hydrogens is 254 g/mol. The first-order valence-electron chi connectivity index (χ1n) is 5.86. The summed E-state index contributed by atoms with van der Waals surface area (Å²) in [7, 11) is 0. The highest BCUT2D eigenvalue weighted by Gasteiger charge is 2.08. The van der Waals surface area contributed by atoms with E-state index in [2.05, 4.69) is 15.2 Å². The van der Waals surface area contributed by atoms with Crippen LogP contribution in [0.25, 0.3) is 16.9 Å². The molecular formula is C14H9N5O. The van der Waals surface area contributed by atoms with Crippen LogP contribution in [0.15, 0.2) is 53.8 Å². The molecule has 0 unspecified atom stereocenters. The molecule has 0 aliphatic rings. The van der Waals surface area contributed by atoms with Crippen LogP contribution < -0.4 is 5.56 Å². The van der Waals surface area contributed by atoms with E-state index in [9.17, 15) is 4.79 Å². The summed E-state index contributed by atoms with van der Waals surface area (Å²) >= 11 is 0. The molecule has 0 fully saturated rings. The zero-order chi connectivity index (χ0) is 13.9. The fourth-order valence-electron chi connectivity index (χ4n) is 1.91. The lowest BCUT2D eigenvalue weighted by Gasteiger charge is -2.05. The number of hydrogen-bond donors (Lipinski definition) is 1. The standard InChI is InChI=1S/C14H9N5O/c15-8-11-7-13(20)17-18-14(11)10-1-3-12(4-2-10)19-6-5-16-9-19/h1-7,9H,(H,17,20). The van der Waals surface area contributed by atoms with Crippen LogP contribution in [0, 0.1) is 11.3 Å². The van der Waals surface area contributed by atoms with Crippen LogP contribution in [-0.4, -0.2) is 19.7 Å². The summed E-state index contributed by atoms with van der Waals surface area (Å²) in [6, 6.07) is 10.7. The number of rotatable bonds is 2. The van der Waals surface area contributed by atoms with Crippen LogP contribution in [0.3, 0.4) is 0 Å². The van der Waals surface area contributed by atoms with Gasteiger partial charge in [-0.1, -0.05) is 12.1 Å². The predicted octanol–water partition coefficient (Wildman–Crippen LogP) is 1.49. The number of hydrogen-bond acceptors (Lipinski definition) is 4. The lowest BCUT2D eigenvalue weighted by atomic mass is 10.1. The number of nitriles is 1. The van der Waals surface area contributed by atoms with E-state index in [1.807, 2.05) is 41.1 Å². The second-order valence-electron chi connectivity index (χ2n) is 4.12. The molecule has 0 atom stereocenters. The second-order valence-corrected chi connectivity index (χ2v) is 4.12. The summed E-state index contributed by atoms with van der Waals surface area (Å²) < 4.78 is 1.87. The summed E-state index contributed by atoms with van der Waals surface area (Å²) in [5.41, 5.74) is 2.05. The van der Waals surface area contributed by atoms with Gasteiger partial charge in [-0.15, -0.1) is 0 Å². The largest absolute Gasteiger partial charge is 0.306 e. The number of benzene rings is 1. The number of aromatic amines is 1. The zero-order valence-corrected chi connectivity index (χ0v) is 10.3. The molecule has 3 rings (SSSR count). The normalized spacial score (nSPS) is 10.2. The Kier molecular flexibility index (Phi) is 2.86. The van der Waals surface area contributed by atoms with Crippen LogP contribution in [-0.2, 0) is 0 Å². The maximum atomic E-state index is 11.2. The van der Waals surface area contributed by atoms with Gasteiger partial charge in [0.1, 0.15) is 11.8 Å². The summed E-state index contributed by atoms with van der Waals surface area (Å²) in [6.07, 6.45) is 5.24. The summed E-state index contributed by atoms with van der Waals surface area (Å²) in [4.78, 5) is 15.1. The van der Waals surface area contributed by atoms with E-state index in [0.717, 1.165) is 11.3 Å². The second kappa shape index (κ2) is 4.82. The lowest BCUT2D eigenvalue weighted by molar-refractivity contribution is 0.989. The van der Waals surface area contributed by atoms with Crippen LogP contribution in [0.1, 0.15) is 5.56 Å². The van der Waals surface area contributed by atoms with Gasteiger partial charge in [0, 0.05) is 29.7 Å². The van der Waals surface area contributed by atoms with Crippen molar-refractivity contribution in [3.63, 3.8) is 0 Å². The monoisotopic (exact) mass is 263 g/mol. The molecule has 0 spiro atoms. The zero-order valence-electron chi connectivity index (χ0n) is 10.3. The highest BCUT2D eigenvalue weighted by atomic mass is 16.1. The Balaban J connectivity index is 2.04. The summed E-state index contributed by atoms with van der Waals surface area (Å²) in [5.74, 6) is 0. The van der Waals surface area contributed by atoms with Crippen molar-refractivity contribution in [2.75, 3.05) is 0 Å². The third-order valence-electron chi connectivity index (χ3n) is 2.87. The van der Waals surface area contributed by atoms with E-state index in [0.29, 0.717) is 5.69 Å². The molecule has 1 aromatic carbocycles. The molecule has 6 nitrogen and oxygen atoms in total. The van der Waals surface area contributed by atoms with Gasteiger partial charge in [0.05, 0.1) is 11.9 Å². The van der Waals surface area contributed by atoms with Gasteiger partial charge >= 0.3 is 0 Å². The quantitative estimate of drug-likeness (QED) is 0.758. The summed E-state index contributed by atoms with van der Waals surface area (Å²) in [6.45, 7) is 0. The van der Waals surface area contributed by atoms with E-state index in [1.54, 1.807) is 12.5 Å². The Bertz CT molecular complexity index is 825. The van der Waals surface area contributed by atoms with Crippen molar-refractivity contribution >= 4 is 0 Å². The Labute approximate surface area is 114 Å². The SMILES string of the molecule is N#Cc1cc(=O)[nH]nc1-c1ccc(-n2ccnc2)cc1. The van der Waals surface area contributed by atoms with Gasteiger partial charge in [-0.25, -0.2) is 10.1 Å². The molecule has 96 valence electrons. The van der Waals surface area contributed by atoms with Crippen LogP contribution >= 0.6 is 0 Å². The molecule has 3 aromatic rings. The van der Waals surface area contributed by atoms with Gasteiger partial charge in [-0.05, 0) is 12.1 Å². The molecule has 0 saturated carbocycles. The van der Waals surface area contributed by atoms with Gasteiger partial charge < -0.3 is 4.57 Å². The molecule has 0 bridgehead atoms. The molecule has 0 amide bonds. The fourth-order valence-corrected chi connectivity index (χ4v) is 1.91. The molecule has 0 aliphatic heterocycles. The smallest absolute Gasteiger partial charge is 0.265 e. The highest BCUT2D eigenvalue weighted by Crippen LogP contribution is 2.20. The molecule has 0 saturated heterocycles. The lowest BCUT2D eigenvalue weighted by Crippen LogP contribution is -2.08. The minimum Gasteiger partial charge on any atom is -0.306 e. The topological polar surface area (TPSA) is 87.4 Å². The maximum Gasteiger partial charge on any atom is 0.265 e. The van der Waals surface area contributed by atoms with E-state index in [1.165, 1.54) is 6.07 Å². The van der Waals surface area contributed by atoms with Crippen molar-refractivity contribution in [3.05, 3.63) is 65.0 Å².